The van der Waals surface area contributed by atoms with Crippen LogP contribution in [0.25, 0.3) is 0 Å². The number of nitrogens with one attached hydrogen (secondary N) is 1. The molecule has 2 amide bonds. The molecule has 0 bridgehead atoms. The summed E-state index contributed by atoms with van der Waals surface area (Å²) in [6.45, 7) is 5.90. The quantitative estimate of drug-likeness (QED) is 0.920. The maximum Gasteiger partial charge on any atom is 0.321 e. The third kappa shape index (κ3) is 4.20. The molecule has 1 aromatic carbocycles. The first kappa shape index (κ1) is 16.3. The summed E-state index contributed by atoms with van der Waals surface area (Å²) < 4.78 is 5.17. The predicted molar refractivity (Wildman–Crippen MR) is 84.7 cm³/mol. The number of rotatable bonds is 4. The monoisotopic (exact) mass is 302 g/mol. The molecule has 1 aliphatic rings. The number of ether oxygens (including phenoxy) is 1. The average Bonchev–Trinajstić information content (AvgIpc) is 2.55. The van der Waals surface area contributed by atoms with E-state index in [9.17, 15) is 4.79 Å². The largest absolute Gasteiger partial charge is 0.383 e. The summed E-state index contributed by atoms with van der Waals surface area (Å²) in [5.41, 5.74) is 1.19. The highest BCUT2D eigenvalue weighted by atomic mass is 16.5. The third-order valence-electron chi connectivity index (χ3n) is 3.88. The number of benzene rings is 1. The lowest BCUT2D eigenvalue weighted by Gasteiger charge is -2.37. The Balaban J connectivity index is 1.86. The lowest BCUT2D eigenvalue weighted by molar-refractivity contribution is 0.0680. The van der Waals surface area contributed by atoms with Crippen LogP contribution in [0.4, 0.5) is 10.5 Å². The topological polar surface area (TPSA) is 68.6 Å². The van der Waals surface area contributed by atoms with Crippen LogP contribution in [0, 0.1) is 11.3 Å². The van der Waals surface area contributed by atoms with E-state index in [1.807, 2.05) is 0 Å². The Kier molecular flexibility index (Phi) is 5.75. The molecular formula is C16H22N4O2. The van der Waals surface area contributed by atoms with Gasteiger partial charge < -0.3 is 15.0 Å². The highest BCUT2D eigenvalue weighted by Gasteiger charge is 2.23. The fourth-order valence-electron chi connectivity index (χ4n) is 2.58. The van der Waals surface area contributed by atoms with Crippen LogP contribution >= 0.6 is 0 Å². The highest BCUT2D eigenvalue weighted by molar-refractivity contribution is 5.89. The molecule has 22 heavy (non-hydrogen) atoms. The summed E-state index contributed by atoms with van der Waals surface area (Å²) in [6.07, 6.45) is 0. The molecule has 2 rings (SSSR count). The molecule has 1 saturated heterocycles. The van der Waals surface area contributed by atoms with Crippen molar-refractivity contribution in [3.63, 3.8) is 0 Å². The molecule has 118 valence electrons. The average molecular weight is 302 g/mol. The number of amides is 2. The lowest BCUT2D eigenvalue weighted by Crippen LogP contribution is -2.53. The smallest absolute Gasteiger partial charge is 0.321 e. The first-order valence-corrected chi connectivity index (χ1v) is 7.43. The number of nitriles is 1. The van der Waals surface area contributed by atoms with Crippen LogP contribution < -0.4 is 5.32 Å². The molecule has 1 aromatic rings. The first-order valence-electron chi connectivity index (χ1n) is 7.43. The van der Waals surface area contributed by atoms with Gasteiger partial charge >= 0.3 is 6.03 Å². The third-order valence-corrected chi connectivity index (χ3v) is 3.88. The van der Waals surface area contributed by atoms with E-state index in [1.54, 1.807) is 36.3 Å². The van der Waals surface area contributed by atoms with Crippen LogP contribution in [0.5, 0.6) is 0 Å². The molecule has 6 nitrogen and oxygen atoms in total. The summed E-state index contributed by atoms with van der Waals surface area (Å²) in [7, 11) is 1.70. The van der Waals surface area contributed by atoms with Crippen LogP contribution in [0.1, 0.15) is 12.5 Å². The fraction of sp³-hybridized carbons (Fsp3) is 0.500. The van der Waals surface area contributed by atoms with E-state index >= 15 is 0 Å². The SMILES string of the molecule is COC[C@@H](C)N1CCN(C(=O)Nc2cccc(C#N)c2)CC1. The zero-order valence-electron chi connectivity index (χ0n) is 13.1. The van der Waals surface area contributed by atoms with E-state index in [4.69, 9.17) is 10.00 Å². The van der Waals surface area contributed by atoms with Crippen molar-refractivity contribution in [3.8, 4) is 6.07 Å². The number of carbonyl (C=O) groups excluding carboxylic acids is 1. The van der Waals surface area contributed by atoms with Crippen molar-refractivity contribution in [2.45, 2.75) is 13.0 Å². The molecule has 0 aromatic heterocycles. The maximum atomic E-state index is 12.3. The molecule has 1 N–H and O–H groups in total. The molecule has 1 atom stereocenters. The van der Waals surface area contributed by atoms with Gasteiger partial charge in [-0.05, 0) is 25.1 Å². The Morgan fingerprint density at radius 3 is 2.77 bits per heavy atom. The van der Waals surface area contributed by atoms with Crippen molar-refractivity contribution >= 4 is 11.7 Å². The second kappa shape index (κ2) is 7.78. The van der Waals surface area contributed by atoms with E-state index < -0.39 is 0 Å². The van der Waals surface area contributed by atoms with Gasteiger partial charge in [0.15, 0.2) is 0 Å². The highest BCUT2D eigenvalue weighted by Crippen LogP contribution is 2.12. The zero-order chi connectivity index (χ0) is 15.9. The second-order valence-electron chi connectivity index (χ2n) is 5.45. The first-order chi connectivity index (χ1) is 10.6. The second-order valence-corrected chi connectivity index (χ2v) is 5.45. The van der Waals surface area contributed by atoms with Crippen LogP contribution in [0.2, 0.25) is 0 Å². The van der Waals surface area contributed by atoms with Crippen molar-refractivity contribution in [2.75, 3.05) is 45.2 Å². The molecule has 6 heteroatoms. The summed E-state index contributed by atoms with van der Waals surface area (Å²) in [4.78, 5) is 16.4. The molecular weight excluding hydrogens is 280 g/mol. The Bertz CT molecular complexity index is 547. The van der Waals surface area contributed by atoms with Crippen LogP contribution in [-0.4, -0.2) is 61.8 Å². The van der Waals surface area contributed by atoms with Crippen molar-refractivity contribution in [1.82, 2.24) is 9.80 Å². The summed E-state index contributed by atoms with van der Waals surface area (Å²) >= 11 is 0. The van der Waals surface area contributed by atoms with Crippen LogP contribution in [0.15, 0.2) is 24.3 Å². The van der Waals surface area contributed by atoms with Gasteiger partial charge in [0.25, 0.3) is 0 Å². The van der Waals surface area contributed by atoms with Gasteiger partial charge in [0.2, 0.25) is 0 Å². The molecule has 0 aliphatic carbocycles. The molecule has 1 heterocycles. The lowest BCUT2D eigenvalue weighted by atomic mass is 10.2. The summed E-state index contributed by atoms with van der Waals surface area (Å²) in [5, 5.41) is 11.7. The molecule has 0 saturated carbocycles. The molecule has 0 unspecified atom stereocenters. The van der Waals surface area contributed by atoms with Crippen molar-refractivity contribution in [2.24, 2.45) is 0 Å². The minimum absolute atomic E-state index is 0.117. The summed E-state index contributed by atoms with van der Waals surface area (Å²) in [6, 6.07) is 9.25. The maximum absolute atomic E-state index is 12.3. The van der Waals surface area contributed by atoms with E-state index in [2.05, 4.69) is 23.2 Å². The van der Waals surface area contributed by atoms with E-state index in [0.29, 0.717) is 37.0 Å². The number of carbonyl (C=O) groups is 1. The van der Waals surface area contributed by atoms with Gasteiger partial charge in [-0.25, -0.2) is 4.79 Å². The normalized spacial score (nSPS) is 16.9. The number of anilines is 1. The minimum Gasteiger partial charge on any atom is -0.383 e. The predicted octanol–water partition coefficient (Wildman–Crippen LogP) is 1.74. The molecule has 0 spiro atoms. The molecule has 1 aliphatic heterocycles. The van der Waals surface area contributed by atoms with Crippen molar-refractivity contribution in [1.29, 1.82) is 5.26 Å². The Morgan fingerprint density at radius 1 is 1.41 bits per heavy atom. The van der Waals surface area contributed by atoms with Gasteiger partial charge in [0.05, 0.1) is 18.2 Å². The Labute approximate surface area is 131 Å². The minimum atomic E-state index is -0.117. The Hall–Kier alpha value is -2.10. The van der Waals surface area contributed by atoms with Crippen LogP contribution in [-0.2, 0) is 4.74 Å². The van der Waals surface area contributed by atoms with Gasteiger partial charge in [-0.1, -0.05) is 6.07 Å². The number of urea groups is 1. The molecule has 1 fully saturated rings. The number of hydrogen-bond acceptors (Lipinski definition) is 4. The van der Waals surface area contributed by atoms with E-state index in [1.165, 1.54) is 0 Å². The number of hydrogen-bond donors (Lipinski definition) is 1. The number of piperazine rings is 1. The van der Waals surface area contributed by atoms with E-state index in [0.717, 1.165) is 13.1 Å². The fourth-order valence-corrected chi connectivity index (χ4v) is 2.58. The zero-order valence-corrected chi connectivity index (χ0v) is 13.1. The standard InChI is InChI=1S/C16H22N4O2/c1-13(12-22-2)19-6-8-20(9-7-19)16(21)18-15-5-3-4-14(10-15)11-17/h3-5,10,13H,6-9,12H2,1-2H3,(H,18,21)/t13-/m1/s1. The van der Waals surface area contributed by atoms with Crippen LogP contribution in [0.3, 0.4) is 0 Å². The van der Waals surface area contributed by atoms with Gasteiger partial charge in [0.1, 0.15) is 0 Å². The number of methoxy groups -OCH3 is 1. The van der Waals surface area contributed by atoms with Crippen molar-refractivity contribution < 1.29 is 9.53 Å². The molecule has 0 radical (unpaired) electrons. The number of nitrogens with zero attached hydrogens (tertiary/aromatic N) is 3. The van der Waals surface area contributed by atoms with Gasteiger partial charge in [-0.15, -0.1) is 0 Å². The van der Waals surface area contributed by atoms with Gasteiger partial charge in [-0.2, -0.15) is 5.26 Å². The van der Waals surface area contributed by atoms with Gasteiger partial charge in [-0.3, -0.25) is 4.90 Å². The summed E-state index contributed by atoms with van der Waals surface area (Å²) in [5.74, 6) is 0. The Morgan fingerprint density at radius 2 is 2.14 bits per heavy atom. The van der Waals surface area contributed by atoms with Gasteiger partial charge in [0, 0.05) is 45.0 Å². The van der Waals surface area contributed by atoms with E-state index in [-0.39, 0.29) is 6.03 Å². The van der Waals surface area contributed by atoms with Crippen molar-refractivity contribution in [3.05, 3.63) is 29.8 Å².